The number of hydrogen-bond donors (Lipinski definition) is 1. The van der Waals surface area contributed by atoms with Gasteiger partial charge in [0.05, 0.1) is 0 Å². The van der Waals surface area contributed by atoms with E-state index < -0.39 is 24.1 Å². The molecule has 1 heterocycles. The van der Waals surface area contributed by atoms with Crippen molar-refractivity contribution >= 4 is 29.5 Å². The van der Waals surface area contributed by atoms with Crippen LogP contribution in [0.3, 0.4) is 0 Å². The van der Waals surface area contributed by atoms with Crippen molar-refractivity contribution in [2.24, 2.45) is 5.92 Å². The summed E-state index contributed by atoms with van der Waals surface area (Å²) in [6.45, 7) is 3.50. The van der Waals surface area contributed by atoms with E-state index >= 15 is 0 Å². The number of hydrogen-bond acceptors (Lipinski definition) is 4. The predicted octanol–water partition coefficient (Wildman–Crippen LogP) is 3.05. The van der Waals surface area contributed by atoms with Crippen LogP contribution in [0, 0.1) is 12.8 Å². The molecule has 6 nitrogen and oxygen atoms in total. The van der Waals surface area contributed by atoms with Gasteiger partial charge in [-0.15, -0.1) is 0 Å². The Morgan fingerprint density at radius 1 is 1.36 bits per heavy atom. The van der Waals surface area contributed by atoms with Crippen LogP contribution in [0.25, 0.3) is 0 Å². The number of carbonyl (C=O) groups excluding carboxylic acids is 3. The van der Waals surface area contributed by atoms with E-state index in [1.807, 2.05) is 0 Å². The van der Waals surface area contributed by atoms with Crippen molar-refractivity contribution in [3.8, 4) is 5.75 Å². The number of amides is 3. The number of urea groups is 1. The molecule has 1 aromatic rings. The summed E-state index contributed by atoms with van der Waals surface area (Å²) in [5.74, 6) is -0.0748. The molecule has 1 aliphatic heterocycles. The number of esters is 1. The van der Waals surface area contributed by atoms with Crippen molar-refractivity contribution in [3.63, 3.8) is 0 Å². The number of benzene rings is 1. The van der Waals surface area contributed by atoms with E-state index in [-0.39, 0.29) is 5.91 Å². The highest BCUT2D eigenvalue weighted by molar-refractivity contribution is 6.30. The zero-order valence-electron chi connectivity index (χ0n) is 14.3. The van der Waals surface area contributed by atoms with E-state index in [1.54, 1.807) is 25.1 Å². The minimum absolute atomic E-state index is 0.325. The van der Waals surface area contributed by atoms with E-state index in [2.05, 4.69) is 12.2 Å². The first kappa shape index (κ1) is 17.7. The largest absolute Gasteiger partial charge is 0.425 e. The van der Waals surface area contributed by atoms with Crippen LogP contribution in [0.15, 0.2) is 18.2 Å². The number of imide groups is 1. The molecule has 1 aliphatic carbocycles. The van der Waals surface area contributed by atoms with Crippen molar-refractivity contribution in [2.75, 3.05) is 6.54 Å². The van der Waals surface area contributed by atoms with Crippen molar-refractivity contribution in [1.29, 1.82) is 0 Å². The van der Waals surface area contributed by atoms with Crippen molar-refractivity contribution in [1.82, 2.24) is 10.2 Å². The standard InChI is InChI=1S/C18H21ClN2O4/c1-11-5-7-18(8-6-11)16(23)21(17(24)20-18)10-15(22)25-14-4-3-13(19)9-12(14)2/h3-4,9,11H,5-8,10H2,1-2H3,(H,20,24). The predicted molar refractivity (Wildman–Crippen MR) is 92.4 cm³/mol. The van der Waals surface area contributed by atoms with Gasteiger partial charge in [-0.25, -0.2) is 9.59 Å². The maximum Gasteiger partial charge on any atom is 0.331 e. The van der Waals surface area contributed by atoms with Gasteiger partial charge >= 0.3 is 12.0 Å². The molecule has 1 saturated heterocycles. The summed E-state index contributed by atoms with van der Waals surface area (Å²) in [6.07, 6.45) is 2.99. The fraction of sp³-hybridized carbons (Fsp3) is 0.500. The smallest absolute Gasteiger partial charge is 0.331 e. The Morgan fingerprint density at radius 2 is 2.04 bits per heavy atom. The van der Waals surface area contributed by atoms with Gasteiger partial charge in [0.1, 0.15) is 17.8 Å². The number of halogens is 1. The molecular formula is C18H21ClN2O4. The molecule has 7 heteroatoms. The summed E-state index contributed by atoms with van der Waals surface area (Å²) < 4.78 is 5.28. The lowest BCUT2D eigenvalue weighted by Gasteiger charge is -2.33. The first-order valence-electron chi connectivity index (χ1n) is 8.42. The Kier molecular flexibility index (Phi) is 4.73. The van der Waals surface area contributed by atoms with Crippen molar-refractivity contribution < 1.29 is 19.1 Å². The second-order valence-electron chi connectivity index (χ2n) is 6.97. The molecule has 0 atom stereocenters. The Morgan fingerprint density at radius 3 is 2.68 bits per heavy atom. The monoisotopic (exact) mass is 364 g/mol. The lowest BCUT2D eigenvalue weighted by atomic mass is 9.77. The summed E-state index contributed by atoms with van der Waals surface area (Å²) in [5.41, 5.74) is -0.143. The maximum absolute atomic E-state index is 12.7. The van der Waals surface area contributed by atoms with E-state index in [9.17, 15) is 14.4 Å². The number of nitrogens with one attached hydrogen (secondary N) is 1. The quantitative estimate of drug-likeness (QED) is 0.508. The zero-order valence-corrected chi connectivity index (χ0v) is 15.1. The highest BCUT2D eigenvalue weighted by Crippen LogP contribution is 2.36. The third-order valence-electron chi connectivity index (χ3n) is 5.02. The van der Waals surface area contributed by atoms with Crippen LogP contribution in [0.1, 0.15) is 38.2 Å². The van der Waals surface area contributed by atoms with Crippen LogP contribution in [0.4, 0.5) is 4.79 Å². The summed E-state index contributed by atoms with van der Waals surface area (Å²) in [6, 6.07) is 4.36. The molecule has 25 heavy (non-hydrogen) atoms. The van der Waals surface area contributed by atoms with Gasteiger partial charge in [0, 0.05) is 5.02 Å². The summed E-state index contributed by atoms with van der Waals surface area (Å²) in [7, 11) is 0. The summed E-state index contributed by atoms with van der Waals surface area (Å²) in [5, 5.41) is 3.33. The Hall–Kier alpha value is -2.08. The lowest BCUT2D eigenvalue weighted by molar-refractivity contribution is -0.141. The third kappa shape index (κ3) is 3.49. The van der Waals surface area contributed by atoms with Crippen molar-refractivity contribution in [2.45, 2.75) is 45.1 Å². The molecule has 3 amide bonds. The first-order chi connectivity index (χ1) is 11.8. The second kappa shape index (κ2) is 6.67. The zero-order chi connectivity index (χ0) is 18.2. The van der Waals surface area contributed by atoms with Crippen LogP contribution in [0.2, 0.25) is 5.02 Å². The van der Waals surface area contributed by atoms with Gasteiger partial charge in [-0.2, -0.15) is 0 Å². The van der Waals surface area contributed by atoms with Crippen LogP contribution in [-0.4, -0.2) is 34.9 Å². The average molecular weight is 365 g/mol. The van der Waals surface area contributed by atoms with Gasteiger partial charge < -0.3 is 10.1 Å². The fourth-order valence-electron chi connectivity index (χ4n) is 3.42. The van der Waals surface area contributed by atoms with Gasteiger partial charge in [-0.1, -0.05) is 18.5 Å². The van der Waals surface area contributed by atoms with Crippen LogP contribution >= 0.6 is 11.6 Å². The molecule has 2 aliphatic rings. The Bertz CT molecular complexity index is 726. The summed E-state index contributed by atoms with van der Waals surface area (Å²) in [4.78, 5) is 38.1. The molecule has 1 N–H and O–H groups in total. The van der Waals surface area contributed by atoms with Crippen LogP contribution in [0.5, 0.6) is 5.75 Å². The molecule has 1 saturated carbocycles. The molecule has 134 valence electrons. The Balaban J connectivity index is 1.67. The normalized spacial score (nSPS) is 26.0. The molecular weight excluding hydrogens is 344 g/mol. The van der Waals surface area contributed by atoms with Gasteiger partial charge in [0.25, 0.3) is 5.91 Å². The van der Waals surface area contributed by atoms with Gasteiger partial charge in [0.2, 0.25) is 0 Å². The minimum Gasteiger partial charge on any atom is -0.425 e. The van der Waals surface area contributed by atoms with Crippen LogP contribution < -0.4 is 10.1 Å². The van der Waals surface area contributed by atoms with Gasteiger partial charge in [0.15, 0.2) is 0 Å². The number of aryl methyl sites for hydroxylation is 1. The molecule has 2 fully saturated rings. The number of carbonyl (C=O) groups is 3. The Labute approximate surface area is 151 Å². The van der Waals surface area contributed by atoms with E-state index in [1.165, 1.54) is 0 Å². The molecule has 1 spiro atoms. The molecule has 3 rings (SSSR count). The SMILES string of the molecule is Cc1cc(Cl)ccc1OC(=O)CN1C(=O)NC2(CCC(C)CC2)C1=O. The summed E-state index contributed by atoms with van der Waals surface area (Å²) >= 11 is 5.88. The second-order valence-corrected chi connectivity index (χ2v) is 7.41. The lowest BCUT2D eigenvalue weighted by Crippen LogP contribution is -2.49. The van der Waals surface area contributed by atoms with Crippen LogP contribution in [-0.2, 0) is 9.59 Å². The first-order valence-corrected chi connectivity index (χ1v) is 8.79. The number of rotatable bonds is 3. The number of nitrogens with zero attached hydrogens (tertiary/aromatic N) is 1. The van der Waals surface area contributed by atoms with Gasteiger partial charge in [-0.05, 0) is 62.3 Å². The topological polar surface area (TPSA) is 75.7 Å². The molecule has 0 bridgehead atoms. The van der Waals surface area contributed by atoms with Gasteiger partial charge in [-0.3, -0.25) is 9.69 Å². The van der Waals surface area contributed by atoms with E-state index in [4.69, 9.17) is 16.3 Å². The average Bonchev–Trinajstić information content (AvgIpc) is 2.78. The highest BCUT2D eigenvalue weighted by Gasteiger charge is 2.52. The fourth-order valence-corrected chi connectivity index (χ4v) is 3.65. The molecule has 0 unspecified atom stereocenters. The molecule has 0 radical (unpaired) electrons. The minimum atomic E-state index is -0.847. The highest BCUT2D eigenvalue weighted by atomic mass is 35.5. The molecule has 0 aromatic heterocycles. The maximum atomic E-state index is 12.7. The third-order valence-corrected chi connectivity index (χ3v) is 5.26. The number of ether oxygens (including phenoxy) is 1. The van der Waals surface area contributed by atoms with E-state index in [0.717, 1.165) is 17.7 Å². The van der Waals surface area contributed by atoms with E-state index in [0.29, 0.717) is 35.1 Å². The molecule has 1 aromatic carbocycles. The van der Waals surface area contributed by atoms with Crippen molar-refractivity contribution in [3.05, 3.63) is 28.8 Å².